The fourth-order valence-electron chi connectivity index (χ4n) is 3.53. The smallest absolute Gasteiger partial charge is 0.214 e. The standard InChI is InChI=1S/C22H16N4OS/c27-21(14-28-22-23-24-25-26(22)18-7-2-1-3-8-18)16-10-11-20-17(13-16)12-15-6-4-5-9-19(15)20/h1-11,13H,12,14H2. The summed E-state index contributed by atoms with van der Waals surface area (Å²) in [7, 11) is 0. The van der Waals surface area contributed by atoms with Gasteiger partial charge in [0.05, 0.1) is 11.4 Å². The van der Waals surface area contributed by atoms with Gasteiger partial charge < -0.3 is 0 Å². The summed E-state index contributed by atoms with van der Waals surface area (Å²) >= 11 is 1.35. The summed E-state index contributed by atoms with van der Waals surface area (Å²) in [5.74, 6) is 0.366. The van der Waals surface area contributed by atoms with Crippen molar-refractivity contribution in [3.8, 4) is 16.8 Å². The first-order valence-corrected chi connectivity index (χ1v) is 9.99. The number of fused-ring (bicyclic) bond motifs is 3. The minimum atomic E-state index is 0.0753. The Hall–Kier alpha value is -3.25. The number of thioether (sulfide) groups is 1. The maximum absolute atomic E-state index is 12.8. The molecule has 136 valence electrons. The number of rotatable bonds is 5. The van der Waals surface area contributed by atoms with Crippen LogP contribution in [0.2, 0.25) is 0 Å². The SMILES string of the molecule is O=C(CSc1nnnn1-c1ccccc1)c1ccc2c(c1)Cc1ccccc1-2. The van der Waals surface area contributed by atoms with Gasteiger partial charge in [-0.15, -0.1) is 5.10 Å². The Morgan fingerprint density at radius 3 is 2.61 bits per heavy atom. The second-order valence-corrected chi connectivity index (χ2v) is 7.57. The lowest BCUT2D eigenvalue weighted by molar-refractivity contribution is 0.102. The predicted octanol–water partition coefficient (Wildman–Crippen LogP) is 4.21. The molecule has 0 amide bonds. The van der Waals surface area contributed by atoms with Gasteiger partial charge in [-0.3, -0.25) is 4.79 Å². The van der Waals surface area contributed by atoms with E-state index in [2.05, 4.69) is 45.9 Å². The molecule has 0 N–H and O–H groups in total. The molecule has 1 aromatic heterocycles. The summed E-state index contributed by atoms with van der Waals surface area (Å²) in [5.41, 5.74) is 6.64. The Labute approximate surface area is 166 Å². The van der Waals surface area contributed by atoms with E-state index in [0.717, 1.165) is 17.7 Å². The number of tetrazole rings is 1. The zero-order valence-electron chi connectivity index (χ0n) is 14.9. The second-order valence-electron chi connectivity index (χ2n) is 6.63. The van der Waals surface area contributed by atoms with Crippen LogP contribution >= 0.6 is 11.8 Å². The van der Waals surface area contributed by atoms with Crippen LogP contribution in [0.1, 0.15) is 21.5 Å². The van der Waals surface area contributed by atoms with Gasteiger partial charge in [0.1, 0.15) is 0 Å². The zero-order chi connectivity index (χ0) is 18.9. The molecule has 0 radical (unpaired) electrons. The number of ketones is 1. The van der Waals surface area contributed by atoms with E-state index in [1.165, 1.54) is 34.0 Å². The summed E-state index contributed by atoms with van der Waals surface area (Å²) in [6.45, 7) is 0. The van der Waals surface area contributed by atoms with Gasteiger partial charge in [0.2, 0.25) is 5.16 Å². The van der Waals surface area contributed by atoms with E-state index < -0.39 is 0 Å². The third-order valence-electron chi connectivity index (χ3n) is 4.89. The highest BCUT2D eigenvalue weighted by atomic mass is 32.2. The molecular formula is C22H16N4OS. The molecule has 0 bridgehead atoms. The lowest BCUT2D eigenvalue weighted by Gasteiger charge is -2.06. The van der Waals surface area contributed by atoms with Gasteiger partial charge in [0.15, 0.2) is 5.78 Å². The van der Waals surface area contributed by atoms with Gasteiger partial charge in [-0.1, -0.05) is 66.4 Å². The Morgan fingerprint density at radius 1 is 0.929 bits per heavy atom. The van der Waals surface area contributed by atoms with Crippen LogP contribution in [0.15, 0.2) is 78.0 Å². The molecule has 5 rings (SSSR count). The number of nitrogens with zero attached hydrogens (tertiary/aromatic N) is 4. The lowest BCUT2D eigenvalue weighted by Crippen LogP contribution is -2.05. The summed E-state index contributed by atoms with van der Waals surface area (Å²) in [6, 6.07) is 24.1. The molecule has 28 heavy (non-hydrogen) atoms. The van der Waals surface area contributed by atoms with E-state index in [0.29, 0.717) is 10.9 Å². The normalized spacial score (nSPS) is 11.9. The number of Topliss-reactive ketones (excluding diaryl/α,β-unsaturated/α-hetero) is 1. The first-order chi connectivity index (χ1) is 13.8. The first kappa shape index (κ1) is 16.9. The Morgan fingerprint density at radius 2 is 1.71 bits per heavy atom. The van der Waals surface area contributed by atoms with Gasteiger partial charge in [-0.05, 0) is 57.3 Å². The maximum Gasteiger partial charge on any atom is 0.214 e. The van der Waals surface area contributed by atoms with Crippen molar-refractivity contribution in [1.29, 1.82) is 0 Å². The third-order valence-corrected chi connectivity index (χ3v) is 5.81. The minimum absolute atomic E-state index is 0.0753. The van der Waals surface area contributed by atoms with Crippen LogP contribution < -0.4 is 0 Å². The molecule has 0 unspecified atom stereocenters. The van der Waals surface area contributed by atoms with Crippen molar-refractivity contribution in [3.05, 3.63) is 89.5 Å². The Balaban J connectivity index is 1.33. The predicted molar refractivity (Wildman–Crippen MR) is 109 cm³/mol. The van der Waals surface area contributed by atoms with Crippen LogP contribution in [0.25, 0.3) is 16.8 Å². The van der Waals surface area contributed by atoms with Crippen molar-refractivity contribution >= 4 is 17.5 Å². The van der Waals surface area contributed by atoms with Crippen LogP contribution in [0, 0.1) is 0 Å². The highest BCUT2D eigenvalue weighted by Crippen LogP contribution is 2.36. The van der Waals surface area contributed by atoms with Crippen LogP contribution in [0.3, 0.4) is 0 Å². The monoisotopic (exact) mass is 384 g/mol. The van der Waals surface area contributed by atoms with Gasteiger partial charge in [0.25, 0.3) is 0 Å². The Kier molecular flexibility index (Phi) is 4.25. The van der Waals surface area contributed by atoms with Crippen molar-refractivity contribution in [2.24, 2.45) is 0 Å². The molecule has 4 aromatic rings. The summed E-state index contributed by atoms with van der Waals surface area (Å²) in [4.78, 5) is 12.8. The van der Waals surface area contributed by atoms with Gasteiger partial charge in [0, 0.05) is 5.56 Å². The molecule has 0 saturated carbocycles. The van der Waals surface area contributed by atoms with Gasteiger partial charge >= 0.3 is 0 Å². The van der Waals surface area contributed by atoms with Gasteiger partial charge in [-0.25, -0.2) is 0 Å². The van der Waals surface area contributed by atoms with Crippen molar-refractivity contribution in [2.45, 2.75) is 11.6 Å². The zero-order valence-corrected chi connectivity index (χ0v) is 15.8. The summed E-state index contributed by atoms with van der Waals surface area (Å²) in [5, 5.41) is 12.4. The molecule has 0 atom stereocenters. The average Bonchev–Trinajstić information content (AvgIpc) is 3.36. The molecule has 6 heteroatoms. The van der Waals surface area contributed by atoms with Crippen LogP contribution in [-0.2, 0) is 6.42 Å². The van der Waals surface area contributed by atoms with Crippen LogP contribution in [0.4, 0.5) is 0 Å². The number of benzene rings is 3. The minimum Gasteiger partial charge on any atom is -0.293 e. The highest BCUT2D eigenvalue weighted by molar-refractivity contribution is 7.99. The topological polar surface area (TPSA) is 60.7 Å². The number of carbonyl (C=O) groups is 1. The molecule has 3 aromatic carbocycles. The molecule has 0 fully saturated rings. The van der Waals surface area contributed by atoms with Crippen molar-refractivity contribution in [2.75, 3.05) is 5.75 Å². The van der Waals surface area contributed by atoms with E-state index >= 15 is 0 Å². The van der Waals surface area contributed by atoms with Gasteiger partial charge in [-0.2, -0.15) is 4.68 Å². The van der Waals surface area contributed by atoms with Crippen molar-refractivity contribution in [1.82, 2.24) is 20.2 Å². The largest absolute Gasteiger partial charge is 0.293 e. The number of aromatic nitrogens is 4. The second kappa shape index (κ2) is 7.05. The summed E-state index contributed by atoms with van der Waals surface area (Å²) < 4.78 is 1.65. The van der Waals surface area contributed by atoms with E-state index in [1.54, 1.807) is 4.68 Å². The number of hydrogen-bond donors (Lipinski definition) is 0. The van der Waals surface area contributed by atoms with E-state index in [4.69, 9.17) is 0 Å². The number of carbonyl (C=O) groups excluding carboxylic acids is 1. The summed E-state index contributed by atoms with van der Waals surface area (Å²) in [6.07, 6.45) is 0.881. The van der Waals surface area contributed by atoms with Crippen molar-refractivity contribution < 1.29 is 4.79 Å². The highest BCUT2D eigenvalue weighted by Gasteiger charge is 2.20. The molecular weight excluding hydrogens is 368 g/mol. The molecule has 5 nitrogen and oxygen atoms in total. The molecule has 1 heterocycles. The molecule has 1 aliphatic rings. The molecule has 0 saturated heterocycles. The molecule has 0 aliphatic heterocycles. The van der Waals surface area contributed by atoms with Crippen LogP contribution in [-0.4, -0.2) is 31.7 Å². The fraction of sp³-hybridized carbons (Fsp3) is 0.0909. The quantitative estimate of drug-likeness (QED) is 0.336. The molecule has 1 aliphatic carbocycles. The van der Waals surface area contributed by atoms with E-state index in [9.17, 15) is 4.79 Å². The fourth-order valence-corrected chi connectivity index (χ4v) is 4.32. The Bertz CT molecular complexity index is 1170. The molecule has 0 spiro atoms. The maximum atomic E-state index is 12.8. The van der Waals surface area contributed by atoms with Crippen LogP contribution in [0.5, 0.6) is 0 Å². The van der Waals surface area contributed by atoms with Crippen molar-refractivity contribution in [3.63, 3.8) is 0 Å². The average molecular weight is 384 g/mol. The lowest BCUT2D eigenvalue weighted by atomic mass is 10.0. The van der Waals surface area contributed by atoms with E-state index in [1.807, 2.05) is 42.5 Å². The van der Waals surface area contributed by atoms with E-state index in [-0.39, 0.29) is 5.78 Å². The third kappa shape index (κ3) is 3.01. The first-order valence-electron chi connectivity index (χ1n) is 9.00. The number of para-hydroxylation sites is 1. The number of hydrogen-bond acceptors (Lipinski definition) is 5.